The normalized spacial score (nSPS) is 12.6. The Kier molecular flexibility index (Phi) is 4.91. The number of aromatic nitrogens is 1. The zero-order chi connectivity index (χ0) is 14.5. The number of benzene rings is 1. The van der Waals surface area contributed by atoms with Gasteiger partial charge in [-0.25, -0.2) is 0 Å². The van der Waals surface area contributed by atoms with Crippen LogP contribution in [0.4, 0.5) is 0 Å². The Balaban J connectivity index is 2.38. The van der Waals surface area contributed by atoms with E-state index in [0.29, 0.717) is 12.0 Å². The SMILES string of the molecule is CC(C)NC/C(=C/c1cncc2ccccc12)C(C)C. The molecule has 0 bridgehead atoms. The Morgan fingerprint density at radius 2 is 1.90 bits per heavy atom. The molecule has 0 aliphatic rings. The Hall–Kier alpha value is -1.67. The van der Waals surface area contributed by atoms with Crippen LogP contribution in [0.5, 0.6) is 0 Å². The Morgan fingerprint density at radius 3 is 2.60 bits per heavy atom. The third kappa shape index (κ3) is 3.67. The topological polar surface area (TPSA) is 24.9 Å². The highest BCUT2D eigenvalue weighted by Gasteiger charge is 2.06. The summed E-state index contributed by atoms with van der Waals surface area (Å²) in [5.41, 5.74) is 2.62. The van der Waals surface area contributed by atoms with E-state index in [9.17, 15) is 0 Å². The number of rotatable bonds is 5. The van der Waals surface area contributed by atoms with Gasteiger partial charge in [0.2, 0.25) is 0 Å². The average Bonchev–Trinajstić information content (AvgIpc) is 2.43. The van der Waals surface area contributed by atoms with Gasteiger partial charge in [-0.15, -0.1) is 0 Å². The average molecular weight is 268 g/mol. The molecule has 0 aliphatic heterocycles. The maximum atomic E-state index is 4.36. The molecular formula is C18H24N2. The van der Waals surface area contributed by atoms with Gasteiger partial charge in [0.1, 0.15) is 0 Å². The fourth-order valence-corrected chi connectivity index (χ4v) is 2.20. The summed E-state index contributed by atoms with van der Waals surface area (Å²) >= 11 is 0. The van der Waals surface area contributed by atoms with Crippen molar-refractivity contribution in [3.8, 4) is 0 Å². The molecule has 0 atom stereocenters. The van der Waals surface area contributed by atoms with Gasteiger partial charge in [-0.1, -0.05) is 63.6 Å². The molecule has 0 amide bonds. The van der Waals surface area contributed by atoms with E-state index < -0.39 is 0 Å². The lowest BCUT2D eigenvalue weighted by molar-refractivity contribution is 0.593. The van der Waals surface area contributed by atoms with E-state index in [1.807, 2.05) is 12.4 Å². The van der Waals surface area contributed by atoms with E-state index in [0.717, 1.165) is 6.54 Å². The summed E-state index contributed by atoms with van der Waals surface area (Å²) in [6.07, 6.45) is 6.17. The largest absolute Gasteiger partial charge is 0.311 e. The van der Waals surface area contributed by atoms with Crippen molar-refractivity contribution in [2.75, 3.05) is 6.54 Å². The minimum atomic E-state index is 0.503. The highest BCUT2D eigenvalue weighted by Crippen LogP contribution is 2.21. The molecule has 0 unspecified atom stereocenters. The van der Waals surface area contributed by atoms with Gasteiger partial charge < -0.3 is 5.32 Å². The van der Waals surface area contributed by atoms with E-state index in [4.69, 9.17) is 0 Å². The first kappa shape index (κ1) is 14.7. The molecule has 1 aromatic heterocycles. The van der Waals surface area contributed by atoms with Crippen LogP contribution < -0.4 is 5.32 Å². The first-order valence-electron chi connectivity index (χ1n) is 7.34. The van der Waals surface area contributed by atoms with Crippen LogP contribution in [0.2, 0.25) is 0 Å². The van der Waals surface area contributed by atoms with E-state index in [1.165, 1.54) is 21.9 Å². The standard InChI is InChI=1S/C18H24N2/c1-13(2)16(12-20-14(3)4)9-17-11-19-10-15-7-5-6-8-18(15)17/h5-11,13-14,20H,12H2,1-4H3/b16-9-. The van der Waals surface area contributed by atoms with Crippen LogP contribution in [-0.4, -0.2) is 17.6 Å². The van der Waals surface area contributed by atoms with Crippen LogP contribution in [0.1, 0.15) is 33.3 Å². The van der Waals surface area contributed by atoms with Gasteiger partial charge in [0.05, 0.1) is 0 Å². The first-order valence-corrected chi connectivity index (χ1v) is 7.34. The molecule has 0 radical (unpaired) electrons. The number of hydrogen-bond acceptors (Lipinski definition) is 2. The Labute approximate surface area is 121 Å². The molecular weight excluding hydrogens is 244 g/mol. The maximum Gasteiger partial charge on any atom is 0.0346 e. The zero-order valence-electron chi connectivity index (χ0n) is 12.9. The molecule has 0 aliphatic carbocycles. The molecule has 2 aromatic rings. The molecule has 106 valence electrons. The van der Waals surface area contributed by atoms with Crippen LogP contribution in [0.15, 0.2) is 42.2 Å². The first-order chi connectivity index (χ1) is 9.58. The summed E-state index contributed by atoms with van der Waals surface area (Å²) in [6, 6.07) is 8.92. The Morgan fingerprint density at radius 1 is 1.15 bits per heavy atom. The second-order valence-corrected chi connectivity index (χ2v) is 5.86. The molecule has 1 N–H and O–H groups in total. The summed E-state index contributed by atoms with van der Waals surface area (Å²) in [5, 5.41) is 5.97. The van der Waals surface area contributed by atoms with Crippen LogP contribution in [-0.2, 0) is 0 Å². The van der Waals surface area contributed by atoms with Crippen molar-refractivity contribution in [1.82, 2.24) is 10.3 Å². The molecule has 20 heavy (non-hydrogen) atoms. The molecule has 2 heteroatoms. The minimum Gasteiger partial charge on any atom is -0.311 e. The molecule has 2 rings (SSSR count). The fourth-order valence-electron chi connectivity index (χ4n) is 2.20. The number of pyridine rings is 1. The number of hydrogen-bond donors (Lipinski definition) is 1. The van der Waals surface area contributed by atoms with Crippen LogP contribution >= 0.6 is 0 Å². The van der Waals surface area contributed by atoms with Gasteiger partial charge in [-0.3, -0.25) is 4.98 Å². The molecule has 0 saturated heterocycles. The molecule has 2 nitrogen and oxygen atoms in total. The lowest BCUT2D eigenvalue weighted by Crippen LogP contribution is -2.26. The van der Waals surface area contributed by atoms with Gasteiger partial charge in [-0.05, 0) is 11.3 Å². The summed E-state index contributed by atoms with van der Waals surface area (Å²) in [7, 11) is 0. The monoisotopic (exact) mass is 268 g/mol. The van der Waals surface area contributed by atoms with E-state index >= 15 is 0 Å². The Bertz CT molecular complexity index is 592. The van der Waals surface area contributed by atoms with Crippen molar-refractivity contribution in [2.24, 2.45) is 5.92 Å². The number of fused-ring (bicyclic) bond motifs is 1. The number of nitrogens with zero attached hydrogens (tertiary/aromatic N) is 1. The van der Waals surface area contributed by atoms with E-state index in [-0.39, 0.29) is 0 Å². The summed E-state index contributed by atoms with van der Waals surface area (Å²) in [4.78, 5) is 4.36. The summed E-state index contributed by atoms with van der Waals surface area (Å²) < 4.78 is 0. The zero-order valence-corrected chi connectivity index (χ0v) is 12.9. The van der Waals surface area contributed by atoms with Crippen LogP contribution in [0.3, 0.4) is 0 Å². The van der Waals surface area contributed by atoms with Crippen LogP contribution in [0, 0.1) is 5.92 Å². The summed E-state index contributed by atoms with van der Waals surface area (Å²) in [5.74, 6) is 0.528. The molecule has 1 aromatic carbocycles. The second-order valence-electron chi connectivity index (χ2n) is 5.86. The van der Waals surface area contributed by atoms with Crippen molar-refractivity contribution >= 4 is 16.8 Å². The second kappa shape index (κ2) is 6.67. The lowest BCUT2D eigenvalue weighted by Gasteiger charge is -2.15. The van der Waals surface area contributed by atoms with E-state index in [2.05, 4.69) is 68.3 Å². The minimum absolute atomic E-state index is 0.503. The van der Waals surface area contributed by atoms with Crippen LogP contribution in [0.25, 0.3) is 16.8 Å². The van der Waals surface area contributed by atoms with Crippen molar-refractivity contribution < 1.29 is 0 Å². The fraction of sp³-hybridized carbons (Fsp3) is 0.389. The van der Waals surface area contributed by atoms with Gasteiger partial charge in [0, 0.05) is 35.9 Å². The quantitative estimate of drug-likeness (QED) is 0.876. The maximum absolute atomic E-state index is 4.36. The third-order valence-corrected chi connectivity index (χ3v) is 3.50. The molecule has 0 spiro atoms. The number of nitrogens with one attached hydrogen (secondary N) is 1. The smallest absolute Gasteiger partial charge is 0.0346 e. The molecule has 1 heterocycles. The predicted octanol–water partition coefficient (Wildman–Crippen LogP) is 4.27. The van der Waals surface area contributed by atoms with Gasteiger partial charge in [0.25, 0.3) is 0 Å². The van der Waals surface area contributed by atoms with Gasteiger partial charge in [-0.2, -0.15) is 0 Å². The van der Waals surface area contributed by atoms with Crippen molar-refractivity contribution in [1.29, 1.82) is 0 Å². The molecule has 0 fully saturated rings. The van der Waals surface area contributed by atoms with Crippen molar-refractivity contribution in [3.63, 3.8) is 0 Å². The summed E-state index contributed by atoms with van der Waals surface area (Å²) in [6.45, 7) is 9.77. The van der Waals surface area contributed by atoms with Crippen molar-refractivity contribution in [3.05, 3.63) is 47.8 Å². The van der Waals surface area contributed by atoms with Gasteiger partial charge >= 0.3 is 0 Å². The highest BCUT2D eigenvalue weighted by molar-refractivity contribution is 5.89. The highest BCUT2D eigenvalue weighted by atomic mass is 14.9. The predicted molar refractivity (Wildman–Crippen MR) is 87.7 cm³/mol. The van der Waals surface area contributed by atoms with E-state index in [1.54, 1.807) is 0 Å². The third-order valence-electron chi connectivity index (χ3n) is 3.50. The molecule has 0 saturated carbocycles. The lowest BCUT2D eigenvalue weighted by atomic mass is 9.98. The van der Waals surface area contributed by atoms with Gasteiger partial charge in [0.15, 0.2) is 0 Å². The van der Waals surface area contributed by atoms with Crippen molar-refractivity contribution in [2.45, 2.75) is 33.7 Å².